The van der Waals surface area contributed by atoms with E-state index >= 15 is 0 Å². The second-order valence-corrected chi connectivity index (χ2v) is 5.93. The third-order valence-corrected chi connectivity index (χ3v) is 4.20. The molecule has 6 heteroatoms. The van der Waals surface area contributed by atoms with Crippen molar-refractivity contribution in [3.05, 3.63) is 65.9 Å². The largest absolute Gasteiger partial charge is 0.326 e. The van der Waals surface area contributed by atoms with Crippen LogP contribution in [0.15, 0.2) is 54.7 Å². The lowest BCUT2D eigenvalue weighted by Gasteiger charge is -2.17. The number of rotatable bonds is 3. The molecular weight excluding hydrogens is 316 g/mol. The molecule has 1 aromatic heterocycles. The van der Waals surface area contributed by atoms with Crippen molar-refractivity contribution in [3.8, 4) is 11.3 Å². The Morgan fingerprint density at radius 3 is 2.84 bits per heavy atom. The Labute approximate surface area is 144 Å². The number of benzene rings is 2. The standard InChI is InChI=1S/C19H16N4O2/c24-18-7-5-13-10-14(4-6-16(13)22-18)19(25)21-15-3-1-2-12(11-15)17-8-9-20-23-17/h1-4,6,8-11H,5,7H2,(H,20,23)(H,21,25)(H,22,24). The van der Waals surface area contributed by atoms with Crippen molar-refractivity contribution >= 4 is 23.2 Å². The number of hydrogen-bond acceptors (Lipinski definition) is 3. The molecule has 4 rings (SSSR count). The van der Waals surface area contributed by atoms with Crippen LogP contribution in [0.5, 0.6) is 0 Å². The number of nitrogens with one attached hydrogen (secondary N) is 3. The summed E-state index contributed by atoms with van der Waals surface area (Å²) in [5, 5.41) is 12.6. The summed E-state index contributed by atoms with van der Waals surface area (Å²) in [5.74, 6) is -0.165. The van der Waals surface area contributed by atoms with Crippen molar-refractivity contribution < 1.29 is 9.59 Å². The molecule has 0 atom stereocenters. The molecule has 2 heterocycles. The van der Waals surface area contributed by atoms with Gasteiger partial charge < -0.3 is 10.6 Å². The van der Waals surface area contributed by atoms with Gasteiger partial charge in [0.1, 0.15) is 0 Å². The van der Waals surface area contributed by atoms with E-state index < -0.39 is 0 Å². The monoisotopic (exact) mass is 332 g/mol. The zero-order chi connectivity index (χ0) is 17.2. The first kappa shape index (κ1) is 15.1. The second kappa shape index (κ2) is 6.24. The van der Waals surface area contributed by atoms with E-state index in [0.717, 1.165) is 22.5 Å². The normalized spacial score (nSPS) is 13.0. The highest BCUT2D eigenvalue weighted by Gasteiger charge is 2.16. The van der Waals surface area contributed by atoms with Crippen LogP contribution < -0.4 is 10.6 Å². The van der Waals surface area contributed by atoms with Crippen LogP contribution in [0.25, 0.3) is 11.3 Å². The average molecular weight is 332 g/mol. The molecule has 0 bridgehead atoms. The van der Waals surface area contributed by atoms with Gasteiger partial charge in [-0.1, -0.05) is 12.1 Å². The summed E-state index contributed by atoms with van der Waals surface area (Å²) in [4.78, 5) is 24.0. The van der Waals surface area contributed by atoms with Crippen molar-refractivity contribution in [1.29, 1.82) is 0 Å². The minimum absolute atomic E-state index is 0.0142. The van der Waals surface area contributed by atoms with Gasteiger partial charge >= 0.3 is 0 Å². The number of aryl methyl sites for hydroxylation is 1. The van der Waals surface area contributed by atoms with Crippen LogP contribution in [0.4, 0.5) is 11.4 Å². The minimum atomic E-state index is -0.179. The second-order valence-electron chi connectivity index (χ2n) is 5.93. The third kappa shape index (κ3) is 3.14. The van der Waals surface area contributed by atoms with Crippen LogP contribution in [-0.4, -0.2) is 22.0 Å². The van der Waals surface area contributed by atoms with Gasteiger partial charge in [0.25, 0.3) is 5.91 Å². The van der Waals surface area contributed by atoms with Crippen molar-refractivity contribution in [2.75, 3.05) is 10.6 Å². The Bertz CT molecular complexity index is 948. The zero-order valence-electron chi connectivity index (χ0n) is 13.4. The molecule has 1 aliphatic heterocycles. The molecule has 1 aliphatic rings. The van der Waals surface area contributed by atoms with Crippen LogP contribution >= 0.6 is 0 Å². The molecule has 2 aromatic carbocycles. The Morgan fingerprint density at radius 1 is 1.08 bits per heavy atom. The van der Waals surface area contributed by atoms with Crippen molar-refractivity contribution in [2.24, 2.45) is 0 Å². The summed E-state index contributed by atoms with van der Waals surface area (Å²) in [6, 6.07) is 14.8. The van der Waals surface area contributed by atoms with Gasteiger partial charge in [-0.25, -0.2) is 0 Å². The van der Waals surface area contributed by atoms with Crippen LogP contribution in [-0.2, 0) is 11.2 Å². The maximum absolute atomic E-state index is 12.5. The first-order valence-corrected chi connectivity index (χ1v) is 8.03. The van der Waals surface area contributed by atoms with Gasteiger partial charge in [-0.3, -0.25) is 14.7 Å². The molecule has 6 nitrogen and oxygen atoms in total. The number of amides is 2. The van der Waals surface area contributed by atoms with Crippen molar-refractivity contribution in [2.45, 2.75) is 12.8 Å². The van der Waals surface area contributed by atoms with Crippen LogP contribution in [0.1, 0.15) is 22.3 Å². The highest BCUT2D eigenvalue weighted by atomic mass is 16.2. The highest BCUT2D eigenvalue weighted by Crippen LogP contribution is 2.25. The number of aromatic amines is 1. The molecule has 124 valence electrons. The van der Waals surface area contributed by atoms with Gasteiger partial charge in [-0.05, 0) is 48.4 Å². The summed E-state index contributed by atoms with van der Waals surface area (Å²) in [7, 11) is 0. The number of aromatic nitrogens is 2. The van der Waals surface area contributed by atoms with E-state index in [4.69, 9.17) is 0 Å². The number of carbonyl (C=O) groups excluding carboxylic acids is 2. The summed E-state index contributed by atoms with van der Waals surface area (Å²) in [6.07, 6.45) is 2.79. The topological polar surface area (TPSA) is 86.9 Å². The van der Waals surface area contributed by atoms with Crippen molar-refractivity contribution in [3.63, 3.8) is 0 Å². The highest BCUT2D eigenvalue weighted by molar-refractivity contribution is 6.05. The Morgan fingerprint density at radius 2 is 2.00 bits per heavy atom. The van der Waals surface area contributed by atoms with E-state index in [-0.39, 0.29) is 11.8 Å². The SMILES string of the molecule is O=C1CCc2cc(C(=O)Nc3cccc(-c4ccn[nH]4)c3)ccc2N1. The molecule has 0 unspecified atom stereocenters. The van der Waals surface area contributed by atoms with Crippen molar-refractivity contribution in [1.82, 2.24) is 10.2 Å². The molecule has 0 saturated carbocycles. The van der Waals surface area contributed by atoms with Gasteiger partial charge in [-0.15, -0.1) is 0 Å². The maximum atomic E-state index is 12.5. The molecule has 0 fully saturated rings. The lowest BCUT2D eigenvalue weighted by molar-refractivity contribution is -0.116. The van der Waals surface area contributed by atoms with Gasteiger partial charge in [-0.2, -0.15) is 5.10 Å². The van der Waals surface area contributed by atoms with E-state index in [0.29, 0.717) is 24.1 Å². The maximum Gasteiger partial charge on any atom is 0.255 e. The quantitative estimate of drug-likeness (QED) is 0.688. The lowest BCUT2D eigenvalue weighted by Crippen LogP contribution is -2.20. The summed E-state index contributed by atoms with van der Waals surface area (Å²) in [6.45, 7) is 0. The van der Waals surface area contributed by atoms with Gasteiger partial charge in [0.2, 0.25) is 5.91 Å². The number of fused-ring (bicyclic) bond motifs is 1. The third-order valence-electron chi connectivity index (χ3n) is 4.20. The molecular formula is C19H16N4O2. The molecule has 0 aliphatic carbocycles. The molecule has 25 heavy (non-hydrogen) atoms. The molecule has 3 aromatic rings. The van der Waals surface area contributed by atoms with Crippen LogP contribution in [0, 0.1) is 0 Å². The Hall–Kier alpha value is -3.41. The summed E-state index contributed by atoms with van der Waals surface area (Å²) < 4.78 is 0. The van der Waals surface area contributed by atoms with Gasteiger partial charge in [0, 0.05) is 35.1 Å². The summed E-state index contributed by atoms with van der Waals surface area (Å²) >= 11 is 0. The smallest absolute Gasteiger partial charge is 0.255 e. The predicted molar refractivity (Wildman–Crippen MR) is 95.4 cm³/mol. The molecule has 2 amide bonds. The fraction of sp³-hybridized carbons (Fsp3) is 0.105. The lowest BCUT2D eigenvalue weighted by atomic mass is 10.00. The molecule has 0 radical (unpaired) electrons. The van der Waals surface area contributed by atoms with E-state index in [9.17, 15) is 9.59 Å². The fourth-order valence-corrected chi connectivity index (χ4v) is 2.91. The first-order valence-electron chi connectivity index (χ1n) is 8.03. The number of H-pyrrole nitrogens is 1. The fourth-order valence-electron chi connectivity index (χ4n) is 2.91. The van der Waals surface area contributed by atoms with E-state index in [1.54, 1.807) is 18.3 Å². The number of carbonyl (C=O) groups is 2. The van der Waals surface area contributed by atoms with E-state index in [2.05, 4.69) is 20.8 Å². The van der Waals surface area contributed by atoms with Gasteiger partial charge in [0.05, 0.1) is 5.69 Å². The Balaban J connectivity index is 1.54. The molecule has 3 N–H and O–H groups in total. The number of anilines is 2. The first-order chi connectivity index (χ1) is 12.2. The zero-order valence-corrected chi connectivity index (χ0v) is 13.4. The van der Waals surface area contributed by atoms with E-state index in [1.807, 2.05) is 36.4 Å². The number of hydrogen-bond donors (Lipinski definition) is 3. The predicted octanol–water partition coefficient (Wildman–Crippen LogP) is 3.21. The van der Waals surface area contributed by atoms with Crippen LogP contribution in [0.3, 0.4) is 0 Å². The summed E-state index contributed by atoms with van der Waals surface area (Å²) in [5.41, 5.74) is 4.89. The minimum Gasteiger partial charge on any atom is -0.326 e. The van der Waals surface area contributed by atoms with E-state index in [1.165, 1.54) is 0 Å². The molecule has 0 spiro atoms. The Kier molecular flexibility index (Phi) is 3.78. The molecule has 0 saturated heterocycles. The number of nitrogens with zero attached hydrogens (tertiary/aromatic N) is 1. The van der Waals surface area contributed by atoms with Gasteiger partial charge in [0.15, 0.2) is 0 Å². The van der Waals surface area contributed by atoms with Crippen LogP contribution in [0.2, 0.25) is 0 Å². The average Bonchev–Trinajstić information content (AvgIpc) is 3.16.